The van der Waals surface area contributed by atoms with Gasteiger partial charge in [-0.25, -0.2) is 4.98 Å². The second-order valence-electron chi connectivity index (χ2n) is 3.87. The van der Waals surface area contributed by atoms with Crippen LogP contribution in [0.15, 0.2) is 18.3 Å². The summed E-state index contributed by atoms with van der Waals surface area (Å²) in [4.78, 5) is 17.3. The molecular weight excluding hydrogens is 236 g/mol. The predicted octanol–water partition coefficient (Wildman–Crippen LogP) is -0.553. The number of nitrogen functional groups attached to an aromatic ring is 1. The average molecular weight is 254 g/mol. The fraction of sp³-hybridized carbons (Fsp3) is 0.455. The van der Waals surface area contributed by atoms with Crippen molar-refractivity contribution in [3.8, 4) is 0 Å². The summed E-state index contributed by atoms with van der Waals surface area (Å²) < 4.78 is 4.79. The molecule has 7 nitrogen and oxygen atoms in total. The Morgan fingerprint density at radius 2 is 2.39 bits per heavy atom. The van der Waals surface area contributed by atoms with Crippen LogP contribution in [0.25, 0.3) is 0 Å². The number of hydrazine groups is 1. The Balaban J connectivity index is 2.62. The molecule has 7 heteroatoms. The zero-order valence-electron chi connectivity index (χ0n) is 10.5. The van der Waals surface area contributed by atoms with Crippen molar-refractivity contribution in [2.24, 2.45) is 5.84 Å². The molecule has 1 unspecified atom stereocenters. The molecule has 0 aromatic carbocycles. The maximum absolute atomic E-state index is 11.9. The minimum Gasteiger partial charge on any atom is -0.389 e. The van der Waals surface area contributed by atoms with E-state index < -0.39 is 6.10 Å². The van der Waals surface area contributed by atoms with Crippen LogP contribution in [0.4, 0.5) is 5.69 Å². The second-order valence-corrected chi connectivity index (χ2v) is 3.87. The van der Waals surface area contributed by atoms with Gasteiger partial charge in [-0.1, -0.05) is 0 Å². The summed E-state index contributed by atoms with van der Waals surface area (Å²) in [5.41, 5.74) is 3.34. The minimum absolute atomic E-state index is 0.182. The molecule has 0 radical (unpaired) electrons. The van der Waals surface area contributed by atoms with Crippen molar-refractivity contribution in [3.05, 3.63) is 24.0 Å². The quantitative estimate of drug-likeness (QED) is 0.465. The van der Waals surface area contributed by atoms with Gasteiger partial charge in [0.15, 0.2) is 0 Å². The number of pyridine rings is 1. The van der Waals surface area contributed by atoms with Crippen LogP contribution in [0.5, 0.6) is 0 Å². The number of likely N-dealkylation sites (N-methyl/N-ethyl adjacent to an activating group) is 1. The smallest absolute Gasteiger partial charge is 0.272 e. The molecule has 0 saturated heterocycles. The molecule has 4 N–H and O–H groups in total. The normalized spacial score (nSPS) is 12.0. The molecule has 1 rings (SSSR count). The fourth-order valence-corrected chi connectivity index (χ4v) is 1.45. The molecule has 0 fully saturated rings. The zero-order valence-corrected chi connectivity index (χ0v) is 10.5. The lowest BCUT2D eigenvalue weighted by atomic mass is 10.3. The highest BCUT2D eigenvalue weighted by Gasteiger charge is 2.16. The van der Waals surface area contributed by atoms with Crippen LogP contribution in [0, 0.1) is 0 Å². The maximum atomic E-state index is 11.9. The fourth-order valence-electron chi connectivity index (χ4n) is 1.45. The Hall–Kier alpha value is -1.70. The first-order chi connectivity index (χ1) is 8.58. The number of carbonyl (C=O) groups is 1. The van der Waals surface area contributed by atoms with E-state index in [-0.39, 0.29) is 19.1 Å². The topological polar surface area (TPSA) is 101 Å². The SMILES string of the molecule is COCC(O)CN(C)C(=O)c1ccc(NN)cn1. The molecule has 0 aliphatic heterocycles. The lowest BCUT2D eigenvalue weighted by Crippen LogP contribution is -2.36. The number of rotatable bonds is 6. The molecule has 0 saturated carbocycles. The number of hydrogen-bond acceptors (Lipinski definition) is 6. The van der Waals surface area contributed by atoms with E-state index in [9.17, 15) is 9.90 Å². The summed E-state index contributed by atoms with van der Waals surface area (Å²) in [6.07, 6.45) is 0.751. The van der Waals surface area contributed by atoms with Crippen molar-refractivity contribution in [3.63, 3.8) is 0 Å². The third-order valence-electron chi connectivity index (χ3n) is 2.34. The van der Waals surface area contributed by atoms with Gasteiger partial charge in [0, 0.05) is 20.7 Å². The first-order valence-corrected chi connectivity index (χ1v) is 5.43. The number of aromatic nitrogens is 1. The Bertz CT molecular complexity index is 382. The van der Waals surface area contributed by atoms with Crippen LogP contribution < -0.4 is 11.3 Å². The molecular formula is C11H18N4O3. The van der Waals surface area contributed by atoms with Crippen LogP contribution in [0.3, 0.4) is 0 Å². The lowest BCUT2D eigenvalue weighted by Gasteiger charge is -2.20. The average Bonchev–Trinajstić information content (AvgIpc) is 2.38. The number of aliphatic hydroxyl groups excluding tert-OH is 1. The molecule has 0 bridgehead atoms. The van der Waals surface area contributed by atoms with E-state index in [1.807, 2.05) is 0 Å². The van der Waals surface area contributed by atoms with Crippen molar-refractivity contribution in [1.29, 1.82) is 0 Å². The van der Waals surface area contributed by atoms with Crippen molar-refractivity contribution >= 4 is 11.6 Å². The molecule has 0 spiro atoms. The van der Waals surface area contributed by atoms with Crippen LogP contribution >= 0.6 is 0 Å². The van der Waals surface area contributed by atoms with E-state index in [0.29, 0.717) is 11.4 Å². The van der Waals surface area contributed by atoms with Gasteiger partial charge in [-0.05, 0) is 12.1 Å². The summed E-state index contributed by atoms with van der Waals surface area (Å²) in [5, 5.41) is 9.53. The van der Waals surface area contributed by atoms with Gasteiger partial charge in [-0.15, -0.1) is 0 Å². The van der Waals surface area contributed by atoms with Gasteiger partial charge in [0.1, 0.15) is 5.69 Å². The highest BCUT2D eigenvalue weighted by atomic mass is 16.5. The second kappa shape index (κ2) is 6.90. The third-order valence-corrected chi connectivity index (χ3v) is 2.34. The Kier molecular flexibility index (Phi) is 5.50. The number of aliphatic hydroxyl groups is 1. The van der Waals surface area contributed by atoms with Crippen molar-refractivity contribution in [2.45, 2.75) is 6.10 Å². The number of carbonyl (C=O) groups excluding carboxylic acids is 1. The summed E-state index contributed by atoms with van der Waals surface area (Å²) in [5.74, 6) is 4.93. The Morgan fingerprint density at radius 1 is 1.67 bits per heavy atom. The highest BCUT2D eigenvalue weighted by Crippen LogP contribution is 2.06. The van der Waals surface area contributed by atoms with Gasteiger partial charge in [0.2, 0.25) is 0 Å². The maximum Gasteiger partial charge on any atom is 0.272 e. The minimum atomic E-state index is -0.714. The number of amides is 1. The van der Waals surface area contributed by atoms with Crippen LogP contribution in [0.1, 0.15) is 10.5 Å². The molecule has 18 heavy (non-hydrogen) atoms. The summed E-state index contributed by atoms with van der Waals surface area (Å²) >= 11 is 0. The van der Waals surface area contributed by atoms with E-state index in [2.05, 4.69) is 10.4 Å². The Morgan fingerprint density at radius 3 is 2.89 bits per heavy atom. The predicted molar refractivity (Wildman–Crippen MR) is 66.9 cm³/mol. The van der Waals surface area contributed by atoms with E-state index in [4.69, 9.17) is 10.6 Å². The first-order valence-electron chi connectivity index (χ1n) is 5.43. The highest BCUT2D eigenvalue weighted by molar-refractivity contribution is 5.92. The number of hydrogen-bond donors (Lipinski definition) is 3. The van der Waals surface area contributed by atoms with Crippen molar-refractivity contribution in [2.75, 3.05) is 32.7 Å². The molecule has 0 aliphatic rings. The van der Waals surface area contributed by atoms with Crippen LogP contribution in [0.2, 0.25) is 0 Å². The van der Waals surface area contributed by atoms with E-state index in [1.54, 1.807) is 19.2 Å². The lowest BCUT2D eigenvalue weighted by molar-refractivity contribution is 0.0378. The first kappa shape index (κ1) is 14.4. The number of nitrogens with two attached hydrogens (primary N) is 1. The van der Waals surface area contributed by atoms with Crippen LogP contribution in [-0.2, 0) is 4.74 Å². The van der Waals surface area contributed by atoms with E-state index >= 15 is 0 Å². The van der Waals surface area contributed by atoms with Gasteiger partial charge < -0.3 is 20.2 Å². The molecule has 1 aromatic rings. The number of nitrogens with zero attached hydrogens (tertiary/aromatic N) is 2. The van der Waals surface area contributed by atoms with Crippen molar-refractivity contribution < 1.29 is 14.6 Å². The zero-order chi connectivity index (χ0) is 13.5. The Labute approximate surface area is 106 Å². The monoisotopic (exact) mass is 254 g/mol. The van der Waals surface area contributed by atoms with Gasteiger partial charge >= 0.3 is 0 Å². The van der Waals surface area contributed by atoms with Crippen molar-refractivity contribution in [1.82, 2.24) is 9.88 Å². The standard InChI is InChI=1S/C11H18N4O3/c1-15(6-9(16)7-18-2)11(17)10-4-3-8(14-12)5-13-10/h3-5,9,14,16H,6-7,12H2,1-2H3. The largest absolute Gasteiger partial charge is 0.389 e. The van der Waals surface area contributed by atoms with E-state index in [1.165, 1.54) is 18.2 Å². The van der Waals surface area contributed by atoms with Gasteiger partial charge in [-0.3, -0.25) is 10.6 Å². The van der Waals surface area contributed by atoms with Gasteiger partial charge in [0.05, 0.1) is 24.6 Å². The number of nitrogens with one attached hydrogen (secondary N) is 1. The van der Waals surface area contributed by atoms with Crippen LogP contribution in [-0.4, -0.2) is 54.3 Å². The summed E-state index contributed by atoms with van der Waals surface area (Å²) in [6, 6.07) is 3.22. The molecule has 1 atom stereocenters. The molecule has 1 heterocycles. The summed E-state index contributed by atoms with van der Waals surface area (Å²) in [6.45, 7) is 0.367. The summed E-state index contributed by atoms with van der Waals surface area (Å²) in [7, 11) is 3.09. The number of methoxy groups -OCH3 is 1. The molecule has 1 amide bonds. The third kappa shape index (κ3) is 3.95. The molecule has 100 valence electrons. The van der Waals surface area contributed by atoms with E-state index in [0.717, 1.165) is 0 Å². The molecule has 0 aliphatic carbocycles. The number of ether oxygens (including phenoxy) is 1. The van der Waals surface area contributed by atoms with Gasteiger partial charge in [0.25, 0.3) is 5.91 Å². The van der Waals surface area contributed by atoms with Gasteiger partial charge in [-0.2, -0.15) is 0 Å². The number of anilines is 1. The molecule has 1 aromatic heterocycles.